The summed E-state index contributed by atoms with van der Waals surface area (Å²) in [7, 11) is -2.54. The maximum atomic E-state index is 9.74. The first-order chi connectivity index (χ1) is 9.99. The van der Waals surface area contributed by atoms with Gasteiger partial charge in [-0.2, -0.15) is 0 Å². The van der Waals surface area contributed by atoms with Crippen LogP contribution in [-0.2, 0) is 18.0 Å². The third kappa shape index (κ3) is 10.4. The van der Waals surface area contributed by atoms with Gasteiger partial charge in [-0.1, -0.05) is 13.8 Å². The molecule has 0 aromatic rings. The normalized spacial score (nSPS) is 13.9. The molecule has 0 amide bonds. The van der Waals surface area contributed by atoms with Crippen molar-refractivity contribution in [2.45, 2.75) is 59.6 Å². The first-order valence-electron chi connectivity index (χ1n) is 8.17. The van der Waals surface area contributed by atoms with Crippen molar-refractivity contribution in [3.63, 3.8) is 0 Å². The van der Waals surface area contributed by atoms with Gasteiger partial charge in [0.25, 0.3) is 0 Å². The van der Waals surface area contributed by atoms with Gasteiger partial charge >= 0.3 is 8.80 Å². The molecule has 0 spiro atoms. The third-order valence-corrected chi connectivity index (χ3v) is 6.07. The van der Waals surface area contributed by atoms with Crippen molar-refractivity contribution < 1.29 is 23.1 Å². The largest absolute Gasteiger partial charge is 0.501 e. The maximum Gasteiger partial charge on any atom is 0.501 e. The van der Waals surface area contributed by atoms with Crippen LogP contribution in [-0.4, -0.2) is 53.0 Å². The highest BCUT2D eigenvalue weighted by molar-refractivity contribution is 6.60. The minimum atomic E-state index is -2.54. The summed E-state index contributed by atoms with van der Waals surface area (Å²) in [6.45, 7) is 12.8. The van der Waals surface area contributed by atoms with Gasteiger partial charge in [-0.3, -0.25) is 0 Å². The van der Waals surface area contributed by atoms with E-state index in [9.17, 15) is 5.11 Å². The van der Waals surface area contributed by atoms with Crippen molar-refractivity contribution in [1.29, 1.82) is 0 Å². The molecular weight excluding hydrogens is 288 g/mol. The van der Waals surface area contributed by atoms with E-state index in [2.05, 4.69) is 13.8 Å². The average Bonchev–Trinajstić information content (AvgIpc) is 2.38. The quantitative estimate of drug-likeness (QED) is 0.394. The lowest BCUT2D eigenvalue weighted by molar-refractivity contribution is 0.0234. The van der Waals surface area contributed by atoms with Crippen LogP contribution in [0.1, 0.15) is 47.5 Å². The Labute approximate surface area is 131 Å². The van der Waals surface area contributed by atoms with Crippen LogP contribution in [0, 0.1) is 5.92 Å². The molecule has 0 fully saturated rings. The van der Waals surface area contributed by atoms with Crippen LogP contribution in [0.4, 0.5) is 0 Å². The van der Waals surface area contributed by atoms with Gasteiger partial charge < -0.3 is 23.1 Å². The smallest absolute Gasteiger partial charge is 0.391 e. The van der Waals surface area contributed by atoms with Crippen LogP contribution >= 0.6 is 0 Å². The van der Waals surface area contributed by atoms with E-state index >= 15 is 0 Å². The van der Waals surface area contributed by atoms with E-state index in [1.807, 2.05) is 20.8 Å². The van der Waals surface area contributed by atoms with Crippen LogP contribution in [0.25, 0.3) is 0 Å². The second-order valence-corrected chi connectivity index (χ2v) is 8.18. The highest BCUT2D eigenvalue weighted by Gasteiger charge is 2.39. The summed E-state index contributed by atoms with van der Waals surface area (Å²) in [5.74, 6) is 0.484. The van der Waals surface area contributed by atoms with E-state index in [1.165, 1.54) is 0 Å². The predicted octanol–water partition coefficient (Wildman–Crippen LogP) is 2.85. The first kappa shape index (κ1) is 21.0. The van der Waals surface area contributed by atoms with Crippen molar-refractivity contribution in [2.24, 2.45) is 5.92 Å². The molecule has 0 saturated heterocycles. The fraction of sp³-hybridized carbons (Fsp3) is 1.00. The predicted molar refractivity (Wildman–Crippen MR) is 86.3 cm³/mol. The van der Waals surface area contributed by atoms with Crippen molar-refractivity contribution in [1.82, 2.24) is 0 Å². The molecule has 0 radical (unpaired) electrons. The molecule has 0 bridgehead atoms. The molecule has 0 aromatic carbocycles. The summed E-state index contributed by atoms with van der Waals surface area (Å²) in [6.07, 6.45) is 1.22. The topological polar surface area (TPSA) is 57.2 Å². The maximum absolute atomic E-state index is 9.74. The van der Waals surface area contributed by atoms with Gasteiger partial charge in [0.15, 0.2) is 0 Å². The highest BCUT2D eigenvalue weighted by Crippen LogP contribution is 2.18. The Morgan fingerprint density at radius 3 is 1.90 bits per heavy atom. The SMILES string of the molecule is CCO[Si](CCCOCC(O)CC(C)C)(OCC)OCC. The average molecular weight is 323 g/mol. The molecule has 1 unspecified atom stereocenters. The molecule has 0 aromatic heterocycles. The lowest BCUT2D eigenvalue weighted by Crippen LogP contribution is -2.46. The molecule has 0 rings (SSSR count). The van der Waals surface area contributed by atoms with E-state index in [0.29, 0.717) is 39.0 Å². The minimum Gasteiger partial charge on any atom is -0.391 e. The summed E-state index contributed by atoms with van der Waals surface area (Å²) in [4.78, 5) is 0. The lowest BCUT2D eigenvalue weighted by atomic mass is 10.1. The van der Waals surface area contributed by atoms with Gasteiger partial charge in [-0.15, -0.1) is 0 Å². The molecule has 21 heavy (non-hydrogen) atoms. The van der Waals surface area contributed by atoms with Crippen molar-refractivity contribution >= 4 is 8.80 Å². The van der Waals surface area contributed by atoms with Gasteiger partial charge in [0.1, 0.15) is 0 Å². The molecule has 1 N–H and O–H groups in total. The number of hydrogen-bond acceptors (Lipinski definition) is 5. The van der Waals surface area contributed by atoms with Crippen molar-refractivity contribution in [2.75, 3.05) is 33.0 Å². The molecule has 0 heterocycles. The monoisotopic (exact) mass is 322 g/mol. The highest BCUT2D eigenvalue weighted by atomic mass is 28.4. The van der Waals surface area contributed by atoms with E-state index in [-0.39, 0.29) is 6.10 Å². The summed E-state index contributed by atoms with van der Waals surface area (Å²) in [5.41, 5.74) is 0. The standard InChI is InChI=1S/C15H34O5Si/c1-6-18-21(19-7-2,20-8-3)11-9-10-17-13-15(16)12-14(4)5/h14-16H,6-13H2,1-5H3. The van der Waals surface area contributed by atoms with Crippen LogP contribution in [0.2, 0.25) is 6.04 Å². The van der Waals surface area contributed by atoms with E-state index < -0.39 is 8.80 Å². The van der Waals surface area contributed by atoms with Gasteiger partial charge in [-0.25, -0.2) is 0 Å². The number of rotatable bonds is 14. The molecule has 0 aliphatic carbocycles. The summed E-state index contributed by atoms with van der Waals surface area (Å²) >= 11 is 0. The second-order valence-electron chi connectivity index (χ2n) is 5.44. The molecule has 6 heteroatoms. The Morgan fingerprint density at radius 1 is 0.952 bits per heavy atom. The molecule has 128 valence electrons. The zero-order valence-electron chi connectivity index (χ0n) is 14.4. The second kappa shape index (κ2) is 12.5. The molecular formula is C15H34O5Si. The van der Waals surface area contributed by atoms with Crippen molar-refractivity contribution in [3.8, 4) is 0 Å². The summed E-state index contributed by atoms with van der Waals surface area (Å²) in [5, 5.41) is 9.74. The Hall–Kier alpha value is 0.0169. The van der Waals surface area contributed by atoms with Crippen LogP contribution in [0.15, 0.2) is 0 Å². The van der Waals surface area contributed by atoms with Gasteiger partial charge in [-0.05, 0) is 39.5 Å². The zero-order chi connectivity index (χ0) is 16.1. The minimum absolute atomic E-state index is 0.377. The Bertz CT molecular complexity index is 221. The van der Waals surface area contributed by atoms with E-state index in [4.69, 9.17) is 18.0 Å². The number of aliphatic hydroxyl groups is 1. The zero-order valence-corrected chi connectivity index (χ0v) is 15.4. The van der Waals surface area contributed by atoms with E-state index in [1.54, 1.807) is 0 Å². The molecule has 5 nitrogen and oxygen atoms in total. The number of ether oxygens (including phenoxy) is 1. The van der Waals surface area contributed by atoms with Gasteiger partial charge in [0.2, 0.25) is 0 Å². The Morgan fingerprint density at radius 2 is 1.48 bits per heavy atom. The number of hydrogen-bond donors (Lipinski definition) is 1. The third-order valence-electron chi connectivity index (χ3n) is 2.92. The molecule has 0 saturated carbocycles. The molecule has 0 aliphatic heterocycles. The molecule has 1 atom stereocenters. The van der Waals surface area contributed by atoms with Gasteiger partial charge in [0.05, 0.1) is 12.7 Å². The Kier molecular flexibility index (Phi) is 12.6. The fourth-order valence-corrected chi connectivity index (χ4v) is 4.80. The lowest BCUT2D eigenvalue weighted by Gasteiger charge is -2.28. The van der Waals surface area contributed by atoms with E-state index in [0.717, 1.165) is 18.9 Å². The first-order valence-corrected chi connectivity index (χ1v) is 10.1. The Balaban J connectivity index is 4.01. The van der Waals surface area contributed by atoms with Crippen LogP contribution in [0.5, 0.6) is 0 Å². The van der Waals surface area contributed by atoms with Crippen LogP contribution in [0.3, 0.4) is 0 Å². The number of aliphatic hydroxyl groups excluding tert-OH is 1. The molecule has 0 aliphatic rings. The van der Waals surface area contributed by atoms with Gasteiger partial charge in [0, 0.05) is 32.5 Å². The van der Waals surface area contributed by atoms with Crippen molar-refractivity contribution in [3.05, 3.63) is 0 Å². The van der Waals surface area contributed by atoms with Crippen LogP contribution < -0.4 is 0 Å². The fourth-order valence-electron chi connectivity index (χ4n) is 2.22. The summed E-state index contributed by atoms with van der Waals surface area (Å²) in [6, 6.07) is 0.753. The summed E-state index contributed by atoms with van der Waals surface area (Å²) < 4.78 is 22.9.